The summed E-state index contributed by atoms with van der Waals surface area (Å²) in [7, 11) is -3.82. The standard InChI is InChI=1S/C18H19FN4O2S/c1-12-8-13(2)17(14(3)9-12)26(24,25)22-18-20-11-23(21-18)10-15-6-4-5-7-16(15)19/h4-9,11H,10H2,1-3H3,(H,21,22). The fourth-order valence-corrected chi connectivity index (χ4v) is 4.38. The maximum atomic E-state index is 13.7. The van der Waals surface area contributed by atoms with Gasteiger partial charge >= 0.3 is 0 Å². The molecule has 0 unspecified atom stereocenters. The van der Waals surface area contributed by atoms with Crippen molar-refractivity contribution in [2.24, 2.45) is 0 Å². The smallest absolute Gasteiger partial charge is 0.246 e. The molecule has 8 heteroatoms. The molecule has 3 rings (SSSR count). The van der Waals surface area contributed by atoms with Gasteiger partial charge in [0.25, 0.3) is 16.0 Å². The van der Waals surface area contributed by atoms with Gasteiger partial charge in [0.1, 0.15) is 12.1 Å². The molecule has 0 aliphatic carbocycles. The summed E-state index contributed by atoms with van der Waals surface area (Å²) in [5.41, 5.74) is 2.74. The van der Waals surface area contributed by atoms with Gasteiger partial charge in [-0.2, -0.15) is 4.98 Å². The molecule has 1 N–H and O–H groups in total. The van der Waals surface area contributed by atoms with Crippen molar-refractivity contribution in [3.63, 3.8) is 0 Å². The lowest BCUT2D eigenvalue weighted by Gasteiger charge is -2.12. The summed E-state index contributed by atoms with van der Waals surface area (Å²) in [5.74, 6) is -0.406. The summed E-state index contributed by atoms with van der Waals surface area (Å²) in [4.78, 5) is 4.18. The van der Waals surface area contributed by atoms with Crippen LogP contribution in [0.4, 0.5) is 10.3 Å². The molecule has 0 bridgehead atoms. The molecule has 0 aliphatic rings. The molecule has 0 aliphatic heterocycles. The van der Waals surface area contributed by atoms with E-state index in [4.69, 9.17) is 0 Å². The summed E-state index contributed by atoms with van der Waals surface area (Å²) >= 11 is 0. The molecule has 0 saturated carbocycles. The summed E-state index contributed by atoms with van der Waals surface area (Å²) < 4.78 is 42.9. The maximum Gasteiger partial charge on any atom is 0.264 e. The van der Waals surface area contributed by atoms with Gasteiger partial charge in [-0.1, -0.05) is 35.9 Å². The van der Waals surface area contributed by atoms with Crippen molar-refractivity contribution < 1.29 is 12.8 Å². The number of sulfonamides is 1. The van der Waals surface area contributed by atoms with Gasteiger partial charge in [-0.05, 0) is 38.0 Å². The van der Waals surface area contributed by atoms with Crippen molar-refractivity contribution in [1.29, 1.82) is 0 Å². The highest BCUT2D eigenvalue weighted by molar-refractivity contribution is 7.92. The lowest BCUT2D eigenvalue weighted by Crippen LogP contribution is -2.17. The van der Waals surface area contributed by atoms with Crippen molar-refractivity contribution in [3.8, 4) is 0 Å². The predicted molar refractivity (Wildman–Crippen MR) is 97.0 cm³/mol. The topological polar surface area (TPSA) is 76.9 Å². The van der Waals surface area contributed by atoms with Crippen LogP contribution in [0.1, 0.15) is 22.3 Å². The van der Waals surface area contributed by atoms with Crippen molar-refractivity contribution in [3.05, 3.63) is 70.8 Å². The Hall–Kier alpha value is -2.74. The van der Waals surface area contributed by atoms with Crippen LogP contribution < -0.4 is 4.72 Å². The molecular formula is C18H19FN4O2S. The third-order valence-electron chi connectivity index (χ3n) is 3.93. The van der Waals surface area contributed by atoms with Crippen LogP contribution in [0.5, 0.6) is 0 Å². The summed E-state index contributed by atoms with van der Waals surface area (Å²) in [6.45, 7) is 5.57. The van der Waals surface area contributed by atoms with Gasteiger partial charge in [-0.25, -0.2) is 22.2 Å². The van der Waals surface area contributed by atoms with Crippen molar-refractivity contribution in [2.75, 3.05) is 4.72 Å². The number of aromatic nitrogens is 3. The Morgan fingerprint density at radius 3 is 2.42 bits per heavy atom. The number of halogens is 1. The number of hydrogen-bond acceptors (Lipinski definition) is 4. The maximum absolute atomic E-state index is 13.7. The zero-order valence-electron chi connectivity index (χ0n) is 14.7. The molecular weight excluding hydrogens is 355 g/mol. The Kier molecular flexibility index (Phi) is 4.78. The summed E-state index contributed by atoms with van der Waals surface area (Å²) in [6, 6.07) is 9.95. The van der Waals surface area contributed by atoms with E-state index in [2.05, 4.69) is 14.8 Å². The number of hydrogen-bond donors (Lipinski definition) is 1. The minimum absolute atomic E-state index is 0.0549. The molecule has 6 nitrogen and oxygen atoms in total. The predicted octanol–water partition coefficient (Wildman–Crippen LogP) is 3.19. The van der Waals surface area contributed by atoms with Gasteiger partial charge in [0.15, 0.2) is 0 Å². The summed E-state index contributed by atoms with van der Waals surface area (Å²) in [5, 5.41) is 4.08. The van der Waals surface area contributed by atoms with E-state index in [0.717, 1.165) is 5.56 Å². The van der Waals surface area contributed by atoms with Crippen LogP contribution in [0.25, 0.3) is 0 Å². The molecule has 0 atom stereocenters. The molecule has 0 saturated heterocycles. The fraction of sp³-hybridized carbons (Fsp3) is 0.222. The molecule has 3 aromatic rings. The highest BCUT2D eigenvalue weighted by Crippen LogP contribution is 2.23. The van der Waals surface area contributed by atoms with E-state index in [1.54, 1.807) is 32.0 Å². The molecule has 1 heterocycles. The first kappa shape index (κ1) is 18.1. The van der Waals surface area contributed by atoms with E-state index in [0.29, 0.717) is 16.7 Å². The summed E-state index contributed by atoms with van der Waals surface area (Å²) in [6.07, 6.45) is 1.36. The number of aryl methyl sites for hydroxylation is 3. The molecule has 0 amide bonds. The second-order valence-corrected chi connectivity index (χ2v) is 7.81. The number of rotatable bonds is 5. The zero-order chi connectivity index (χ0) is 18.9. The van der Waals surface area contributed by atoms with Gasteiger partial charge in [0.05, 0.1) is 11.4 Å². The zero-order valence-corrected chi connectivity index (χ0v) is 15.5. The molecule has 136 valence electrons. The van der Waals surface area contributed by atoms with Crippen LogP contribution in [0.2, 0.25) is 0 Å². The largest absolute Gasteiger partial charge is 0.264 e. The molecule has 26 heavy (non-hydrogen) atoms. The monoisotopic (exact) mass is 374 g/mol. The van der Waals surface area contributed by atoms with E-state index in [1.165, 1.54) is 17.1 Å². The van der Waals surface area contributed by atoms with Crippen LogP contribution in [0, 0.1) is 26.6 Å². The van der Waals surface area contributed by atoms with Crippen LogP contribution in [0.3, 0.4) is 0 Å². The first-order valence-corrected chi connectivity index (χ1v) is 9.48. The van der Waals surface area contributed by atoms with Crippen molar-refractivity contribution >= 4 is 16.0 Å². The van der Waals surface area contributed by atoms with Crippen molar-refractivity contribution in [1.82, 2.24) is 14.8 Å². The van der Waals surface area contributed by atoms with Gasteiger partial charge in [-0.15, -0.1) is 5.10 Å². The number of nitrogens with zero attached hydrogens (tertiary/aromatic N) is 3. The Bertz CT molecular complexity index is 1040. The second kappa shape index (κ2) is 6.87. The number of nitrogens with one attached hydrogen (secondary N) is 1. The second-order valence-electron chi connectivity index (χ2n) is 6.19. The molecule has 1 aromatic heterocycles. The van der Waals surface area contributed by atoms with E-state index in [9.17, 15) is 12.8 Å². The van der Waals surface area contributed by atoms with Crippen LogP contribution in [-0.4, -0.2) is 23.2 Å². The van der Waals surface area contributed by atoms with Crippen LogP contribution in [-0.2, 0) is 16.6 Å². The number of anilines is 1. The highest BCUT2D eigenvalue weighted by atomic mass is 32.2. The first-order valence-electron chi connectivity index (χ1n) is 8.00. The average molecular weight is 374 g/mol. The van der Waals surface area contributed by atoms with Gasteiger partial charge in [-0.3, -0.25) is 0 Å². The van der Waals surface area contributed by atoms with Gasteiger partial charge in [0.2, 0.25) is 0 Å². The fourth-order valence-electron chi connectivity index (χ4n) is 2.98. The average Bonchev–Trinajstić information content (AvgIpc) is 2.94. The van der Waals surface area contributed by atoms with Gasteiger partial charge < -0.3 is 0 Å². The quantitative estimate of drug-likeness (QED) is 0.744. The van der Waals surface area contributed by atoms with Gasteiger partial charge in [0, 0.05) is 5.56 Å². The van der Waals surface area contributed by atoms with Crippen LogP contribution >= 0.6 is 0 Å². The Balaban J connectivity index is 1.84. The van der Waals surface area contributed by atoms with E-state index < -0.39 is 10.0 Å². The van der Waals surface area contributed by atoms with E-state index >= 15 is 0 Å². The Labute approximate surface area is 151 Å². The Morgan fingerprint density at radius 1 is 1.12 bits per heavy atom. The Morgan fingerprint density at radius 2 is 1.77 bits per heavy atom. The third-order valence-corrected chi connectivity index (χ3v) is 5.56. The molecule has 0 spiro atoms. The van der Waals surface area contributed by atoms with E-state index in [-0.39, 0.29) is 23.2 Å². The minimum atomic E-state index is -3.82. The highest BCUT2D eigenvalue weighted by Gasteiger charge is 2.21. The third kappa shape index (κ3) is 3.75. The number of benzene rings is 2. The van der Waals surface area contributed by atoms with Crippen LogP contribution in [0.15, 0.2) is 47.6 Å². The van der Waals surface area contributed by atoms with E-state index in [1.807, 2.05) is 19.1 Å². The molecule has 0 radical (unpaired) electrons. The lowest BCUT2D eigenvalue weighted by atomic mass is 10.1. The first-order chi connectivity index (χ1) is 12.3. The molecule has 2 aromatic carbocycles. The van der Waals surface area contributed by atoms with Crippen molar-refractivity contribution in [2.45, 2.75) is 32.2 Å². The normalized spacial score (nSPS) is 11.5. The SMILES string of the molecule is Cc1cc(C)c(S(=O)(=O)Nc2ncn(Cc3ccccc3F)n2)c(C)c1. The molecule has 0 fully saturated rings. The lowest BCUT2D eigenvalue weighted by molar-refractivity contribution is 0.584. The minimum Gasteiger partial charge on any atom is -0.246 e.